The van der Waals surface area contributed by atoms with Crippen LogP contribution in [0.3, 0.4) is 0 Å². The van der Waals surface area contributed by atoms with Gasteiger partial charge in [0.1, 0.15) is 0 Å². The molecular weight excluding hydrogens is 430 g/mol. The molecule has 0 saturated heterocycles. The average Bonchev–Trinajstić information content (AvgIpc) is 3.54. The van der Waals surface area contributed by atoms with Crippen LogP contribution in [0.1, 0.15) is 50.7 Å². The number of benzene rings is 3. The smallest absolute Gasteiger partial charge is 0.0528 e. The summed E-state index contributed by atoms with van der Waals surface area (Å²) in [5, 5.41) is 0. The fourth-order valence-electron chi connectivity index (χ4n) is 4.65. The van der Waals surface area contributed by atoms with Crippen molar-refractivity contribution >= 4 is 11.3 Å². The lowest BCUT2D eigenvalue weighted by molar-refractivity contribution is 0.808. The van der Waals surface area contributed by atoms with E-state index in [4.69, 9.17) is 0 Å². The third-order valence-corrected chi connectivity index (χ3v) is 7.60. The number of rotatable bonds is 6. The molecule has 0 aliphatic heterocycles. The zero-order valence-electron chi connectivity index (χ0n) is 20.3. The van der Waals surface area contributed by atoms with Crippen LogP contribution in [0.15, 0.2) is 103 Å². The van der Waals surface area contributed by atoms with E-state index in [1.165, 1.54) is 49.0 Å². The van der Waals surface area contributed by atoms with Crippen LogP contribution in [-0.2, 0) is 0 Å². The number of thiophene rings is 1. The molecule has 34 heavy (non-hydrogen) atoms. The van der Waals surface area contributed by atoms with Gasteiger partial charge in [0.2, 0.25) is 0 Å². The number of hydrogen-bond acceptors (Lipinski definition) is 1. The Labute approximate surface area is 207 Å². The Balaban J connectivity index is 1.68. The molecule has 0 bridgehead atoms. The van der Waals surface area contributed by atoms with Gasteiger partial charge in [0, 0.05) is 16.0 Å². The Kier molecular flexibility index (Phi) is 6.26. The minimum Gasteiger partial charge on any atom is -0.316 e. The van der Waals surface area contributed by atoms with Crippen molar-refractivity contribution < 1.29 is 0 Å². The van der Waals surface area contributed by atoms with E-state index >= 15 is 0 Å². The number of hydrogen-bond donors (Lipinski definition) is 0. The van der Waals surface area contributed by atoms with E-state index in [-0.39, 0.29) is 0 Å². The molecule has 3 aromatic carbocycles. The van der Waals surface area contributed by atoms with Crippen molar-refractivity contribution in [2.75, 3.05) is 0 Å². The van der Waals surface area contributed by atoms with Gasteiger partial charge < -0.3 is 4.57 Å². The maximum atomic E-state index is 2.42. The Morgan fingerprint density at radius 3 is 1.65 bits per heavy atom. The molecule has 5 aromatic rings. The van der Waals surface area contributed by atoms with E-state index in [1.54, 1.807) is 0 Å². The molecule has 0 aliphatic carbocycles. The largest absolute Gasteiger partial charge is 0.316 e. The van der Waals surface area contributed by atoms with Gasteiger partial charge in [0.05, 0.1) is 11.4 Å². The highest BCUT2D eigenvalue weighted by Gasteiger charge is 2.20. The second-order valence-electron chi connectivity index (χ2n) is 9.47. The fourth-order valence-corrected chi connectivity index (χ4v) is 5.65. The molecule has 1 nitrogen and oxygen atoms in total. The van der Waals surface area contributed by atoms with E-state index in [0.717, 1.165) is 0 Å². The zero-order chi connectivity index (χ0) is 23.7. The highest BCUT2D eigenvalue weighted by atomic mass is 32.1. The maximum absolute atomic E-state index is 2.42. The molecule has 0 atom stereocenters. The summed E-state index contributed by atoms with van der Waals surface area (Å²) in [5.74, 6) is 0.819. The Morgan fingerprint density at radius 1 is 0.559 bits per heavy atom. The molecule has 2 aromatic heterocycles. The summed E-state index contributed by atoms with van der Waals surface area (Å²) < 4.78 is 2.40. The molecule has 5 rings (SSSR count). The average molecular weight is 462 g/mol. The normalized spacial score (nSPS) is 11.5. The lowest BCUT2D eigenvalue weighted by Crippen LogP contribution is -2.08. The molecule has 2 heterocycles. The lowest BCUT2D eigenvalue weighted by Gasteiger charge is -2.24. The highest BCUT2D eigenvalue weighted by molar-refractivity contribution is 7.18. The van der Waals surface area contributed by atoms with E-state index < -0.39 is 0 Å². The Morgan fingerprint density at radius 2 is 1.09 bits per heavy atom. The molecule has 0 radical (unpaired) electrons. The van der Waals surface area contributed by atoms with Gasteiger partial charge in [0.25, 0.3) is 0 Å². The molecule has 0 fully saturated rings. The standard InChI is InChI=1S/C32H31NS/c1-22(2)27-20-26(31-18-17-30(34-31)25-14-9-6-10-15-25)21-28(23(3)4)32(27)33-19-11-16-29(33)24-12-7-5-8-13-24/h5-23H,1-4H3. The van der Waals surface area contributed by atoms with Gasteiger partial charge in [-0.15, -0.1) is 11.3 Å². The van der Waals surface area contributed by atoms with E-state index in [1.807, 2.05) is 11.3 Å². The van der Waals surface area contributed by atoms with Gasteiger partial charge in [-0.3, -0.25) is 0 Å². The van der Waals surface area contributed by atoms with Crippen molar-refractivity contribution in [2.24, 2.45) is 0 Å². The van der Waals surface area contributed by atoms with Crippen LogP contribution in [0.2, 0.25) is 0 Å². The third kappa shape index (κ3) is 4.26. The minimum atomic E-state index is 0.409. The number of aromatic nitrogens is 1. The molecule has 0 N–H and O–H groups in total. The first kappa shape index (κ1) is 22.4. The van der Waals surface area contributed by atoms with Gasteiger partial charge in [0.15, 0.2) is 0 Å². The first-order valence-electron chi connectivity index (χ1n) is 12.1. The van der Waals surface area contributed by atoms with Crippen LogP contribution in [0.4, 0.5) is 0 Å². The van der Waals surface area contributed by atoms with Gasteiger partial charge in [-0.2, -0.15) is 0 Å². The monoisotopic (exact) mass is 461 g/mol. The SMILES string of the molecule is CC(C)c1cc(-c2ccc(-c3ccccc3)s2)cc(C(C)C)c1-n1cccc1-c1ccccc1. The van der Waals surface area contributed by atoms with Crippen molar-refractivity contribution in [1.29, 1.82) is 0 Å². The summed E-state index contributed by atoms with van der Waals surface area (Å²) >= 11 is 1.88. The maximum Gasteiger partial charge on any atom is 0.0528 e. The van der Waals surface area contributed by atoms with Crippen LogP contribution < -0.4 is 0 Å². The lowest BCUT2D eigenvalue weighted by atomic mass is 9.89. The molecule has 170 valence electrons. The summed E-state index contributed by atoms with van der Waals surface area (Å²) in [6.07, 6.45) is 2.22. The van der Waals surface area contributed by atoms with E-state index in [9.17, 15) is 0 Å². The van der Waals surface area contributed by atoms with Crippen LogP contribution in [0, 0.1) is 0 Å². The van der Waals surface area contributed by atoms with Crippen LogP contribution in [0.5, 0.6) is 0 Å². The van der Waals surface area contributed by atoms with Crippen molar-refractivity contribution in [3.8, 4) is 37.8 Å². The van der Waals surface area contributed by atoms with Crippen molar-refractivity contribution in [3.63, 3.8) is 0 Å². The predicted molar refractivity (Wildman–Crippen MR) is 148 cm³/mol. The van der Waals surface area contributed by atoms with Crippen molar-refractivity contribution in [1.82, 2.24) is 4.57 Å². The Hall–Kier alpha value is -3.36. The summed E-state index contributed by atoms with van der Waals surface area (Å²) in [7, 11) is 0. The topological polar surface area (TPSA) is 4.93 Å². The molecule has 0 spiro atoms. The van der Waals surface area contributed by atoms with Gasteiger partial charge >= 0.3 is 0 Å². The van der Waals surface area contributed by atoms with Crippen LogP contribution in [0.25, 0.3) is 37.8 Å². The van der Waals surface area contributed by atoms with E-state index in [0.29, 0.717) is 11.8 Å². The van der Waals surface area contributed by atoms with Crippen molar-refractivity contribution in [2.45, 2.75) is 39.5 Å². The summed E-state index contributed by atoms with van der Waals surface area (Å²) in [5.41, 5.74) is 9.19. The van der Waals surface area contributed by atoms with E-state index in [2.05, 4.69) is 136 Å². The molecule has 2 heteroatoms. The highest BCUT2D eigenvalue weighted by Crippen LogP contribution is 2.41. The van der Waals surface area contributed by atoms with Gasteiger partial charge in [-0.05, 0) is 76.1 Å². The molecule has 0 amide bonds. The van der Waals surface area contributed by atoms with Gasteiger partial charge in [-0.25, -0.2) is 0 Å². The fraction of sp³-hybridized carbons (Fsp3) is 0.188. The zero-order valence-corrected chi connectivity index (χ0v) is 21.1. The quantitative estimate of drug-likeness (QED) is 0.237. The Bertz CT molecular complexity index is 1360. The van der Waals surface area contributed by atoms with Crippen LogP contribution >= 0.6 is 11.3 Å². The molecule has 0 unspecified atom stereocenters. The summed E-state index contributed by atoms with van der Waals surface area (Å²) in [6, 6.07) is 35.1. The predicted octanol–water partition coefficient (Wildman–Crippen LogP) is 9.79. The van der Waals surface area contributed by atoms with Gasteiger partial charge in [-0.1, -0.05) is 88.4 Å². The number of nitrogens with zero attached hydrogens (tertiary/aromatic N) is 1. The first-order chi connectivity index (χ1) is 16.5. The minimum absolute atomic E-state index is 0.409. The first-order valence-corrected chi connectivity index (χ1v) is 12.9. The third-order valence-electron chi connectivity index (χ3n) is 6.42. The van der Waals surface area contributed by atoms with Crippen molar-refractivity contribution in [3.05, 3.63) is 114 Å². The molecule has 0 saturated carbocycles. The summed E-state index contributed by atoms with van der Waals surface area (Å²) in [6.45, 7) is 9.23. The molecule has 0 aliphatic rings. The summed E-state index contributed by atoms with van der Waals surface area (Å²) in [4.78, 5) is 2.64. The second-order valence-corrected chi connectivity index (χ2v) is 10.6. The van der Waals surface area contributed by atoms with Crippen LogP contribution in [-0.4, -0.2) is 4.57 Å². The molecular formula is C32H31NS. The second kappa shape index (κ2) is 9.48.